The topological polar surface area (TPSA) is 126 Å². The lowest BCUT2D eigenvalue weighted by Gasteiger charge is -2.40. The van der Waals surface area contributed by atoms with Crippen LogP contribution in [-0.2, 0) is 20.9 Å². The van der Waals surface area contributed by atoms with E-state index >= 15 is 0 Å². The van der Waals surface area contributed by atoms with E-state index in [1.165, 1.54) is 11.7 Å². The highest BCUT2D eigenvalue weighted by atomic mass is 35.5. The van der Waals surface area contributed by atoms with Gasteiger partial charge < -0.3 is 23.8 Å². The van der Waals surface area contributed by atoms with Crippen molar-refractivity contribution in [2.24, 2.45) is 5.92 Å². The predicted octanol–water partition coefficient (Wildman–Crippen LogP) is 6.64. The lowest BCUT2D eigenvalue weighted by molar-refractivity contribution is -0.152. The van der Waals surface area contributed by atoms with Crippen molar-refractivity contribution in [3.63, 3.8) is 0 Å². The molecule has 0 spiro atoms. The molecule has 0 bridgehead atoms. The van der Waals surface area contributed by atoms with E-state index in [9.17, 15) is 14.4 Å². The van der Waals surface area contributed by atoms with Crippen molar-refractivity contribution in [1.29, 1.82) is 0 Å². The first-order chi connectivity index (χ1) is 25.2. The highest BCUT2D eigenvalue weighted by molar-refractivity contribution is 6.31. The van der Waals surface area contributed by atoms with Gasteiger partial charge in [-0.3, -0.25) is 18.8 Å². The molecule has 0 aliphatic carbocycles. The minimum atomic E-state index is -0.746. The molecule has 2 aromatic heterocycles. The summed E-state index contributed by atoms with van der Waals surface area (Å²) in [5, 5.41) is 9.54. The van der Waals surface area contributed by atoms with E-state index in [0.717, 1.165) is 5.56 Å². The second-order valence-corrected chi connectivity index (χ2v) is 12.8. The molecule has 13 heteroatoms. The second-order valence-electron chi connectivity index (χ2n) is 12.4. The van der Waals surface area contributed by atoms with Gasteiger partial charge in [0.1, 0.15) is 5.75 Å². The van der Waals surface area contributed by atoms with Gasteiger partial charge in [-0.25, -0.2) is 4.57 Å². The lowest BCUT2D eigenvalue weighted by atomic mass is 9.83. The summed E-state index contributed by atoms with van der Waals surface area (Å²) in [7, 11) is 3.08. The Morgan fingerprint density at radius 1 is 0.885 bits per heavy atom. The normalized spacial score (nSPS) is 15.9. The van der Waals surface area contributed by atoms with Crippen LogP contribution in [0.25, 0.3) is 22.4 Å². The van der Waals surface area contributed by atoms with Gasteiger partial charge in [0.25, 0.3) is 5.56 Å². The Morgan fingerprint density at radius 3 is 2.33 bits per heavy atom. The molecule has 12 nitrogen and oxygen atoms in total. The van der Waals surface area contributed by atoms with Crippen LogP contribution in [0.15, 0.2) is 89.7 Å². The van der Waals surface area contributed by atoms with Gasteiger partial charge in [-0.2, -0.15) is 0 Å². The molecule has 0 N–H and O–H groups in total. The molecule has 2 unspecified atom stereocenters. The first-order valence-electron chi connectivity index (χ1n) is 16.8. The number of fused-ring (bicyclic) bond motifs is 3. The van der Waals surface area contributed by atoms with Gasteiger partial charge >= 0.3 is 5.97 Å². The highest BCUT2D eigenvalue weighted by Crippen LogP contribution is 2.43. The Bertz CT molecular complexity index is 2360. The third-order valence-electron chi connectivity index (χ3n) is 9.26. The Kier molecular flexibility index (Phi) is 9.57. The Hall–Kier alpha value is -5.88. The summed E-state index contributed by atoms with van der Waals surface area (Å²) in [5.74, 6) is 0.748. The number of rotatable bonds is 10. The van der Waals surface area contributed by atoms with Gasteiger partial charge in [-0.05, 0) is 92.6 Å². The van der Waals surface area contributed by atoms with Gasteiger partial charge in [0.05, 0.1) is 49.4 Å². The fourth-order valence-corrected chi connectivity index (χ4v) is 6.94. The summed E-state index contributed by atoms with van der Waals surface area (Å²) in [6.45, 7) is 4.10. The van der Waals surface area contributed by atoms with E-state index in [2.05, 4.69) is 10.2 Å². The average Bonchev–Trinajstić information content (AvgIpc) is 3.58. The number of hydrogen-bond donors (Lipinski definition) is 0. The highest BCUT2D eigenvalue weighted by Gasteiger charge is 2.43. The number of hydrogen-bond acceptors (Lipinski definition) is 9. The van der Waals surface area contributed by atoms with Crippen LogP contribution in [0, 0.1) is 12.8 Å². The van der Waals surface area contributed by atoms with Crippen molar-refractivity contribution in [3.8, 4) is 22.9 Å². The maximum atomic E-state index is 14.2. The minimum absolute atomic E-state index is 0.119. The predicted molar refractivity (Wildman–Crippen MR) is 196 cm³/mol. The maximum Gasteiger partial charge on any atom is 0.311 e. The summed E-state index contributed by atoms with van der Waals surface area (Å²) in [4.78, 5) is 43.4. The van der Waals surface area contributed by atoms with Crippen LogP contribution in [0.4, 0.5) is 5.69 Å². The first kappa shape index (κ1) is 34.6. The average molecular weight is 722 g/mol. The van der Waals surface area contributed by atoms with Crippen LogP contribution in [0.2, 0.25) is 5.02 Å². The maximum absolute atomic E-state index is 14.2. The molecular formula is C39H36ClN5O7. The van der Waals surface area contributed by atoms with Crippen LogP contribution < -0.4 is 24.7 Å². The summed E-state index contributed by atoms with van der Waals surface area (Å²) in [5.41, 5.74) is 3.07. The fraction of sp³-hybridized carbons (Fsp3) is 0.256. The Balaban J connectivity index is 1.27. The zero-order chi connectivity index (χ0) is 36.5. The van der Waals surface area contributed by atoms with E-state index in [1.807, 2.05) is 44.2 Å². The van der Waals surface area contributed by atoms with Crippen LogP contribution in [0.1, 0.15) is 42.8 Å². The van der Waals surface area contributed by atoms with Crippen molar-refractivity contribution in [2.75, 3.05) is 25.7 Å². The van der Waals surface area contributed by atoms with E-state index in [0.29, 0.717) is 56.7 Å². The number of carbonyl (C=O) groups is 2. The SMILES string of the molecule is CCOc1ccc(-n2c(=O)c3ccc(Cl)cc3n3c(COC(=O)C4CCC(=O)N(c5ccc(C)cc5)C4c4ccc(OC)c(OC)c4)nnc23)cc1. The number of piperidine rings is 1. The van der Waals surface area contributed by atoms with Crippen LogP contribution >= 0.6 is 11.6 Å². The molecule has 3 heterocycles. The van der Waals surface area contributed by atoms with Gasteiger partial charge in [-0.15, -0.1) is 10.2 Å². The largest absolute Gasteiger partial charge is 0.494 e. The molecule has 2 atom stereocenters. The molecule has 1 aliphatic heterocycles. The number of methoxy groups -OCH3 is 2. The molecule has 0 saturated carbocycles. The minimum Gasteiger partial charge on any atom is -0.494 e. The summed E-state index contributed by atoms with van der Waals surface area (Å²) >= 11 is 6.41. The molecule has 6 aromatic rings. The number of carbonyl (C=O) groups excluding carboxylic acids is 2. The van der Waals surface area contributed by atoms with Gasteiger partial charge in [0.2, 0.25) is 11.7 Å². The molecule has 1 amide bonds. The zero-order valence-electron chi connectivity index (χ0n) is 29.0. The number of benzene rings is 4. The standard InChI is InChI=1S/C39H36ClN5O7/c1-5-51-28-14-12-27(13-15-28)44-37(47)29-16-9-25(40)21-31(29)45-34(41-42-39(44)45)22-52-38(48)30-17-19-35(46)43(26-10-6-23(2)7-11-26)36(30)24-8-18-32(49-3)33(20-24)50-4/h6-16,18,20-21,30,36H,5,17,19,22H2,1-4H3. The molecular weight excluding hydrogens is 686 g/mol. The molecule has 1 fully saturated rings. The summed E-state index contributed by atoms with van der Waals surface area (Å²) in [6, 6.07) is 24.3. The number of amides is 1. The molecule has 7 rings (SSSR count). The van der Waals surface area contributed by atoms with Crippen molar-refractivity contribution in [1.82, 2.24) is 19.2 Å². The molecule has 4 aromatic carbocycles. The number of nitrogens with zero attached hydrogens (tertiary/aromatic N) is 5. The molecule has 1 aliphatic rings. The molecule has 0 radical (unpaired) electrons. The number of ether oxygens (including phenoxy) is 4. The van der Waals surface area contributed by atoms with E-state index in [1.54, 1.807) is 71.0 Å². The summed E-state index contributed by atoms with van der Waals surface area (Å²) in [6.07, 6.45) is 0.401. The quantitative estimate of drug-likeness (QED) is 0.143. The van der Waals surface area contributed by atoms with Crippen molar-refractivity contribution in [2.45, 2.75) is 39.3 Å². The van der Waals surface area contributed by atoms with Crippen molar-refractivity contribution in [3.05, 3.63) is 117 Å². The van der Waals surface area contributed by atoms with Crippen molar-refractivity contribution < 1.29 is 28.5 Å². The smallest absolute Gasteiger partial charge is 0.311 e. The number of anilines is 1. The second kappa shape index (κ2) is 14.4. The van der Waals surface area contributed by atoms with E-state index in [-0.39, 0.29) is 42.5 Å². The number of esters is 1. The number of aromatic nitrogens is 4. The monoisotopic (exact) mass is 721 g/mol. The van der Waals surface area contributed by atoms with Crippen LogP contribution in [-0.4, -0.2) is 51.9 Å². The zero-order valence-corrected chi connectivity index (χ0v) is 29.8. The van der Waals surface area contributed by atoms with E-state index in [4.69, 9.17) is 30.5 Å². The Labute approximate surface area is 304 Å². The van der Waals surface area contributed by atoms with Crippen molar-refractivity contribution >= 4 is 45.8 Å². The van der Waals surface area contributed by atoms with Gasteiger partial charge in [0.15, 0.2) is 23.9 Å². The third-order valence-corrected chi connectivity index (χ3v) is 9.49. The molecule has 52 heavy (non-hydrogen) atoms. The number of halogens is 1. The summed E-state index contributed by atoms with van der Waals surface area (Å²) < 4.78 is 25.8. The van der Waals surface area contributed by atoms with Gasteiger partial charge in [0, 0.05) is 17.1 Å². The van der Waals surface area contributed by atoms with Crippen LogP contribution in [0.5, 0.6) is 17.2 Å². The van der Waals surface area contributed by atoms with Gasteiger partial charge in [-0.1, -0.05) is 35.4 Å². The van der Waals surface area contributed by atoms with Crippen LogP contribution in [0.3, 0.4) is 0 Å². The van der Waals surface area contributed by atoms with E-state index < -0.39 is 17.9 Å². The third kappa shape index (κ3) is 6.30. The first-order valence-corrected chi connectivity index (χ1v) is 17.2. The molecule has 266 valence electrons. The number of aryl methyl sites for hydroxylation is 1. The Morgan fingerprint density at radius 2 is 1.62 bits per heavy atom. The molecule has 1 saturated heterocycles. The fourth-order valence-electron chi connectivity index (χ4n) is 6.77. The lowest BCUT2D eigenvalue weighted by Crippen LogP contribution is -2.46.